The smallest absolute Gasteiger partial charge is 0.243 e. The molecule has 6 nitrogen and oxygen atoms in total. The van der Waals surface area contributed by atoms with Crippen molar-refractivity contribution >= 4 is 15.9 Å². The number of nitrogens with zero attached hydrogens (tertiary/aromatic N) is 2. The molecule has 2 aromatic carbocycles. The largest absolute Gasteiger partial charge is 0.352 e. The third-order valence-electron chi connectivity index (χ3n) is 5.26. The van der Waals surface area contributed by atoms with Crippen LogP contribution in [0.3, 0.4) is 0 Å². The first-order valence-electron chi connectivity index (χ1n) is 9.92. The second-order valence-electron chi connectivity index (χ2n) is 7.72. The summed E-state index contributed by atoms with van der Waals surface area (Å²) in [6.45, 7) is 2.05. The molecule has 3 rings (SSSR count). The van der Waals surface area contributed by atoms with Crippen molar-refractivity contribution in [2.24, 2.45) is 5.92 Å². The van der Waals surface area contributed by atoms with Gasteiger partial charge in [0.15, 0.2) is 0 Å². The maximum absolute atomic E-state index is 12.7. The molecule has 1 saturated heterocycles. The molecule has 29 heavy (non-hydrogen) atoms. The normalized spacial score (nSPS) is 16.1. The van der Waals surface area contributed by atoms with Gasteiger partial charge in [0.1, 0.15) is 0 Å². The Hall–Kier alpha value is -2.22. The van der Waals surface area contributed by atoms with Crippen LogP contribution in [0.25, 0.3) is 0 Å². The quantitative estimate of drug-likeness (QED) is 0.754. The van der Waals surface area contributed by atoms with Crippen LogP contribution >= 0.6 is 0 Å². The van der Waals surface area contributed by atoms with Gasteiger partial charge in [-0.3, -0.25) is 4.79 Å². The van der Waals surface area contributed by atoms with Gasteiger partial charge in [0, 0.05) is 32.1 Å². The summed E-state index contributed by atoms with van der Waals surface area (Å²) in [5.41, 5.74) is 2.31. The molecule has 1 amide bonds. The monoisotopic (exact) mass is 415 g/mol. The average Bonchev–Trinajstić information content (AvgIpc) is 2.73. The number of amides is 1. The Labute approximate surface area is 173 Å². The SMILES string of the molecule is CN(C)Cc1ccccc1CNC(=O)C1CCN(S(=O)(=O)c2ccccc2)CC1. The molecule has 156 valence electrons. The standard InChI is InChI=1S/C22H29N3O3S/c1-24(2)17-20-9-7-6-8-19(20)16-23-22(26)18-12-14-25(15-13-18)29(27,28)21-10-4-3-5-11-21/h3-11,18H,12-17H2,1-2H3,(H,23,26). The van der Waals surface area contributed by atoms with Crippen molar-refractivity contribution in [3.63, 3.8) is 0 Å². The average molecular weight is 416 g/mol. The van der Waals surface area contributed by atoms with Crippen LogP contribution < -0.4 is 5.32 Å². The van der Waals surface area contributed by atoms with Crippen LogP contribution in [0.15, 0.2) is 59.5 Å². The van der Waals surface area contributed by atoms with E-state index in [1.54, 1.807) is 30.3 Å². The molecule has 0 atom stereocenters. The van der Waals surface area contributed by atoms with Gasteiger partial charge in [0.2, 0.25) is 15.9 Å². The van der Waals surface area contributed by atoms with Gasteiger partial charge >= 0.3 is 0 Å². The third kappa shape index (κ3) is 5.44. The van der Waals surface area contributed by atoms with Gasteiger partial charge in [-0.2, -0.15) is 4.31 Å². The van der Waals surface area contributed by atoms with Crippen molar-refractivity contribution in [3.8, 4) is 0 Å². The van der Waals surface area contributed by atoms with Gasteiger partial charge in [-0.05, 0) is 50.2 Å². The summed E-state index contributed by atoms with van der Waals surface area (Å²) in [6.07, 6.45) is 1.08. The van der Waals surface area contributed by atoms with Crippen LogP contribution in [-0.4, -0.2) is 50.7 Å². The molecule has 0 unspecified atom stereocenters. The van der Waals surface area contributed by atoms with Crippen molar-refractivity contribution in [1.29, 1.82) is 0 Å². The molecule has 1 N–H and O–H groups in total. The van der Waals surface area contributed by atoms with Crippen LogP contribution in [0.2, 0.25) is 0 Å². The van der Waals surface area contributed by atoms with Crippen molar-refractivity contribution in [2.75, 3.05) is 27.2 Å². The fourth-order valence-electron chi connectivity index (χ4n) is 3.65. The molecule has 2 aromatic rings. The van der Waals surface area contributed by atoms with Gasteiger partial charge in [0.25, 0.3) is 0 Å². The van der Waals surface area contributed by atoms with Gasteiger partial charge in [-0.15, -0.1) is 0 Å². The Morgan fingerprint density at radius 3 is 2.21 bits per heavy atom. The summed E-state index contributed by atoms with van der Waals surface area (Å²) in [4.78, 5) is 15.0. The number of rotatable bonds is 7. The lowest BCUT2D eigenvalue weighted by atomic mass is 9.97. The lowest BCUT2D eigenvalue weighted by Gasteiger charge is -2.30. The van der Waals surface area contributed by atoms with Crippen LogP contribution in [-0.2, 0) is 27.9 Å². The zero-order valence-corrected chi connectivity index (χ0v) is 17.9. The minimum Gasteiger partial charge on any atom is -0.352 e. The van der Waals surface area contributed by atoms with E-state index in [0.29, 0.717) is 37.4 Å². The van der Waals surface area contributed by atoms with E-state index < -0.39 is 10.0 Å². The van der Waals surface area contributed by atoms with Crippen molar-refractivity contribution in [3.05, 3.63) is 65.7 Å². The summed E-state index contributed by atoms with van der Waals surface area (Å²) in [5.74, 6) is -0.153. The first-order valence-corrected chi connectivity index (χ1v) is 11.4. The Morgan fingerprint density at radius 1 is 1.00 bits per heavy atom. The second kappa shape index (κ2) is 9.52. The highest BCUT2D eigenvalue weighted by atomic mass is 32.2. The molecule has 1 fully saturated rings. The van der Waals surface area contributed by atoms with Crippen LogP contribution in [0.5, 0.6) is 0 Å². The number of hydrogen-bond acceptors (Lipinski definition) is 4. The summed E-state index contributed by atoms with van der Waals surface area (Å²) < 4.78 is 26.9. The molecule has 0 saturated carbocycles. The summed E-state index contributed by atoms with van der Waals surface area (Å²) >= 11 is 0. The molecule has 0 radical (unpaired) electrons. The molecular weight excluding hydrogens is 386 g/mol. The second-order valence-corrected chi connectivity index (χ2v) is 9.65. The number of carbonyl (C=O) groups excluding carboxylic acids is 1. The van der Waals surface area contributed by atoms with Crippen LogP contribution in [0, 0.1) is 5.92 Å². The highest BCUT2D eigenvalue weighted by Gasteiger charge is 2.31. The van der Waals surface area contributed by atoms with E-state index in [1.165, 1.54) is 9.87 Å². The zero-order valence-electron chi connectivity index (χ0n) is 17.0. The number of sulfonamides is 1. The Balaban J connectivity index is 1.55. The molecule has 0 aliphatic carbocycles. The molecule has 0 bridgehead atoms. The van der Waals surface area contributed by atoms with Crippen molar-refractivity contribution < 1.29 is 13.2 Å². The first kappa shape index (κ1) is 21.5. The van der Waals surface area contributed by atoms with Gasteiger partial charge in [-0.1, -0.05) is 42.5 Å². The lowest BCUT2D eigenvalue weighted by Crippen LogP contribution is -2.42. The molecule has 0 aromatic heterocycles. The molecule has 0 spiro atoms. The van der Waals surface area contributed by atoms with E-state index in [1.807, 2.05) is 32.3 Å². The molecule has 1 heterocycles. The van der Waals surface area contributed by atoms with E-state index in [2.05, 4.69) is 16.3 Å². The van der Waals surface area contributed by atoms with Gasteiger partial charge < -0.3 is 10.2 Å². The number of piperidine rings is 1. The van der Waals surface area contributed by atoms with Crippen molar-refractivity contribution in [2.45, 2.75) is 30.8 Å². The Bertz CT molecular complexity index is 921. The number of nitrogens with one attached hydrogen (secondary N) is 1. The third-order valence-corrected chi connectivity index (χ3v) is 7.18. The topological polar surface area (TPSA) is 69.7 Å². The lowest BCUT2D eigenvalue weighted by molar-refractivity contribution is -0.126. The zero-order chi connectivity index (χ0) is 20.9. The van der Waals surface area contributed by atoms with Crippen LogP contribution in [0.1, 0.15) is 24.0 Å². The predicted molar refractivity (Wildman–Crippen MR) is 114 cm³/mol. The summed E-state index contributed by atoms with van der Waals surface area (Å²) in [7, 11) is 0.554. The minimum absolute atomic E-state index is 0.00131. The maximum Gasteiger partial charge on any atom is 0.243 e. The number of benzene rings is 2. The fraction of sp³-hybridized carbons (Fsp3) is 0.409. The minimum atomic E-state index is -3.49. The van der Waals surface area contributed by atoms with E-state index >= 15 is 0 Å². The van der Waals surface area contributed by atoms with E-state index in [9.17, 15) is 13.2 Å². The number of hydrogen-bond donors (Lipinski definition) is 1. The van der Waals surface area contributed by atoms with Crippen molar-refractivity contribution in [1.82, 2.24) is 14.5 Å². The van der Waals surface area contributed by atoms with Gasteiger partial charge in [0.05, 0.1) is 4.90 Å². The van der Waals surface area contributed by atoms with Gasteiger partial charge in [-0.25, -0.2) is 8.42 Å². The summed E-state index contributed by atoms with van der Waals surface area (Å²) in [6, 6.07) is 16.6. The first-order chi connectivity index (χ1) is 13.9. The van der Waals surface area contributed by atoms with E-state index in [4.69, 9.17) is 0 Å². The van der Waals surface area contributed by atoms with E-state index in [-0.39, 0.29) is 11.8 Å². The highest BCUT2D eigenvalue weighted by Crippen LogP contribution is 2.24. The van der Waals surface area contributed by atoms with E-state index in [0.717, 1.165) is 12.1 Å². The molecule has 7 heteroatoms. The molecule has 1 aliphatic heterocycles. The molecule has 1 aliphatic rings. The maximum atomic E-state index is 12.7. The Morgan fingerprint density at radius 2 is 1.59 bits per heavy atom. The van der Waals surface area contributed by atoms with Crippen LogP contribution in [0.4, 0.5) is 0 Å². The Kier molecular flexibility index (Phi) is 7.05. The molecular formula is C22H29N3O3S. The summed E-state index contributed by atoms with van der Waals surface area (Å²) in [5, 5.41) is 3.04. The number of carbonyl (C=O) groups is 1. The highest BCUT2D eigenvalue weighted by molar-refractivity contribution is 7.89. The fourth-order valence-corrected chi connectivity index (χ4v) is 5.14. The predicted octanol–water partition coefficient (Wildman–Crippen LogP) is 2.47.